The van der Waals surface area contributed by atoms with Gasteiger partial charge in [-0.25, -0.2) is 10.5 Å². The van der Waals surface area contributed by atoms with Crippen molar-refractivity contribution in [3.05, 3.63) is 29.3 Å². The summed E-state index contributed by atoms with van der Waals surface area (Å²) in [5.41, 5.74) is 10.1. The van der Waals surface area contributed by atoms with Crippen molar-refractivity contribution < 1.29 is 5.21 Å². The smallest absolute Gasteiger partial charge is 0.218 e. The molecule has 70 valence electrons. The molecule has 0 saturated heterocycles. The third kappa shape index (κ3) is 2.45. The molecule has 0 unspecified atom stereocenters. The summed E-state index contributed by atoms with van der Waals surface area (Å²) in [7, 11) is 0. The summed E-state index contributed by atoms with van der Waals surface area (Å²) in [5.74, 6) is -0.0109. The molecule has 0 aliphatic carbocycles. The van der Waals surface area contributed by atoms with Gasteiger partial charge >= 0.3 is 0 Å². The Hall–Kier alpha value is -1.55. The minimum atomic E-state index is -0.0109. The Balaban J connectivity index is 2.98. The van der Waals surface area contributed by atoms with Crippen molar-refractivity contribution in [3.8, 4) is 0 Å². The lowest BCUT2D eigenvalue weighted by Gasteiger charge is -2.01. The van der Waals surface area contributed by atoms with Gasteiger partial charge in [0.25, 0.3) is 0 Å². The van der Waals surface area contributed by atoms with Gasteiger partial charge in [0.1, 0.15) is 0 Å². The summed E-state index contributed by atoms with van der Waals surface area (Å²) in [5, 5.41) is 8.41. The molecule has 0 heterocycles. The fraction of sp³-hybridized carbons (Fsp3) is 0.222. The highest BCUT2D eigenvalue weighted by atomic mass is 16.5. The quantitative estimate of drug-likeness (QED) is 0.345. The average Bonchev–Trinajstić information content (AvgIpc) is 2.11. The van der Waals surface area contributed by atoms with E-state index in [0.29, 0.717) is 0 Å². The molecule has 1 aromatic rings. The van der Waals surface area contributed by atoms with Gasteiger partial charge in [-0.1, -0.05) is 6.07 Å². The van der Waals surface area contributed by atoms with Crippen LogP contribution in [0.25, 0.3) is 0 Å². The van der Waals surface area contributed by atoms with Gasteiger partial charge in [0, 0.05) is 0 Å². The Morgan fingerprint density at radius 1 is 1.38 bits per heavy atom. The van der Waals surface area contributed by atoms with E-state index in [0.717, 1.165) is 11.3 Å². The minimum Gasteiger partial charge on any atom is -0.368 e. The van der Waals surface area contributed by atoms with Crippen LogP contribution < -0.4 is 11.2 Å². The molecule has 0 atom stereocenters. The van der Waals surface area contributed by atoms with Gasteiger partial charge < -0.3 is 5.73 Å². The summed E-state index contributed by atoms with van der Waals surface area (Å²) in [6, 6.07) is 5.70. The van der Waals surface area contributed by atoms with Gasteiger partial charge in [0.05, 0.1) is 5.69 Å². The zero-order valence-electron chi connectivity index (χ0n) is 7.70. The van der Waals surface area contributed by atoms with Gasteiger partial charge in [0.2, 0.25) is 5.96 Å². The lowest BCUT2D eigenvalue weighted by molar-refractivity contribution is 0.233. The fourth-order valence-corrected chi connectivity index (χ4v) is 0.959. The number of aryl methyl sites for hydroxylation is 2. The number of aliphatic imine (C=N–C) groups is 1. The molecule has 1 aromatic carbocycles. The van der Waals surface area contributed by atoms with Crippen LogP contribution in [0.3, 0.4) is 0 Å². The number of nitrogens with two attached hydrogens (primary N) is 1. The maximum atomic E-state index is 8.41. The third-order valence-electron chi connectivity index (χ3n) is 1.85. The summed E-state index contributed by atoms with van der Waals surface area (Å²) in [4.78, 5) is 3.91. The van der Waals surface area contributed by atoms with Gasteiger partial charge in [-0.05, 0) is 37.1 Å². The highest BCUT2D eigenvalue weighted by molar-refractivity contribution is 5.79. The van der Waals surface area contributed by atoms with Gasteiger partial charge in [0.15, 0.2) is 0 Å². The van der Waals surface area contributed by atoms with Crippen LogP contribution in [-0.2, 0) is 0 Å². The molecule has 0 fully saturated rings. The van der Waals surface area contributed by atoms with Gasteiger partial charge in [-0.2, -0.15) is 0 Å². The topological polar surface area (TPSA) is 70.6 Å². The van der Waals surface area contributed by atoms with Gasteiger partial charge in [-0.15, -0.1) is 0 Å². The molecular formula is C9H13N3O. The molecule has 4 heteroatoms. The Bertz CT molecular complexity index is 334. The molecule has 13 heavy (non-hydrogen) atoms. The normalized spacial score (nSPS) is 11.5. The van der Waals surface area contributed by atoms with E-state index in [9.17, 15) is 0 Å². The molecule has 0 aliphatic rings. The molecule has 4 nitrogen and oxygen atoms in total. The van der Waals surface area contributed by atoms with Gasteiger partial charge in [-0.3, -0.25) is 5.21 Å². The van der Waals surface area contributed by atoms with E-state index in [4.69, 9.17) is 10.9 Å². The lowest BCUT2D eigenvalue weighted by Crippen LogP contribution is -2.27. The number of nitrogens with one attached hydrogen (secondary N) is 1. The van der Waals surface area contributed by atoms with E-state index in [1.165, 1.54) is 5.56 Å². The van der Waals surface area contributed by atoms with Crippen molar-refractivity contribution >= 4 is 11.6 Å². The molecule has 1 rings (SSSR count). The molecule has 0 spiro atoms. The zero-order valence-corrected chi connectivity index (χ0v) is 7.70. The number of rotatable bonds is 1. The first-order valence-electron chi connectivity index (χ1n) is 3.95. The number of hydrogen-bond acceptors (Lipinski definition) is 2. The van der Waals surface area contributed by atoms with Crippen LogP contribution in [0.5, 0.6) is 0 Å². The molecule has 0 amide bonds. The highest BCUT2D eigenvalue weighted by Gasteiger charge is 1.95. The second kappa shape index (κ2) is 3.91. The minimum absolute atomic E-state index is 0.0109. The van der Waals surface area contributed by atoms with Crippen LogP contribution in [0, 0.1) is 13.8 Å². The summed E-state index contributed by atoms with van der Waals surface area (Å²) < 4.78 is 0. The monoisotopic (exact) mass is 179 g/mol. The second-order valence-corrected chi connectivity index (χ2v) is 2.88. The average molecular weight is 179 g/mol. The fourth-order valence-electron chi connectivity index (χ4n) is 0.959. The second-order valence-electron chi connectivity index (χ2n) is 2.88. The molecular weight excluding hydrogens is 166 g/mol. The van der Waals surface area contributed by atoms with E-state index in [1.54, 1.807) is 5.48 Å². The Morgan fingerprint density at radius 2 is 2.08 bits per heavy atom. The predicted octanol–water partition coefficient (Wildman–Crippen LogP) is 1.23. The molecule has 0 radical (unpaired) electrons. The molecule has 0 aliphatic heterocycles. The van der Waals surface area contributed by atoms with Crippen molar-refractivity contribution in [2.75, 3.05) is 0 Å². The largest absolute Gasteiger partial charge is 0.368 e. The third-order valence-corrected chi connectivity index (χ3v) is 1.85. The first-order valence-corrected chi connectivity index (χ1v) is 3.95. The van der Waals surface area contributed by atoms with Crippen LogP contribution in [0.2, 0.25) is 0 Å². The van der Waals surface area contributed by atoms with E-state index in [2.05, 4.69) is 4.99 Å². The first-order chi connectivity index (χ1) is 6.13. The van der Waals surface area contributed by atoms with Crippen molar-refractivity contribution in [2.45, 2.75) is 13.8 Å². The van der Waals surface area contributed by atoms with Crippen molar-refractivity contribution in [3.63, 3.8) is 0 Å². The van der Waals surface area contributed by atoms with Crippen LogP contribution in [0.4, 0.5) is 5.69 Å². The van der Waals surface area contributed by atoms with Crippen LogP contribution in [0.15, 0.2) is 23.2 Å². The summed E-state index contributed by atoms with van der Waals surface area (Å²) in [6.45, 7) is 4.02. The van der Waals surface area contributed by atoms with E-state index in [1.807, 2.05) is 32.0 Å². The highest BCUT2D eigenvalue weighted by Crippen LogP contribution is 2.16. The Morgan fingerprint density at radius 3 is 2.62 bits per heavy atom. The molecule has 0 bridgehead atoms. The van der Waals surface area contributed by atoms with E-state index in [-0.39, 0.29) is 5.96 Å². The lowest BCUT2D eigenvalue weighted by atomic mass is 10.1. The van der Waals surface area contributed by atoms with Crippen molar-refractivity contribution in [1.29, 1.82) is 0 Å². The Labute approximate surface area is 77.1 Å². The molecule has 4 N–H and O–H groups in total. The number of guanidine groups is 1. The number of hydroxylamine groups is 1. The summed E-state index contributed by atoms with van der Waals surface area (Å²) >= 11 is 0. The predicted molar refractivity (Wildman–Crippen MR) is 52.1 cm³/mol. The number of nitrogens with zero attached hydrogens (tertiary/aromatic N) is 1. The standard InChI is InChI=1S/C9H13N3O/c1-6-3-4-8(5-7(6)2)11-9(10)12-13/h3-5,13H,1-2H3,(H3,10,11,12). The SMILES string of the molecule is Cc1ccc(N=C(N)NO)cc1C. The number of benzene rings is 1. The maximum absolute atomic E-state index is 8.41. The summed E-state index contributed by atoms with van der Waals surface area (Å²) in [6.07, 6.45) is 0. The zero-order chi connectivity index (χ0) is 9.84. The van der Waals surface area contributed by atoms with Crippen molar-refractivity contribution in [1.82, 2.24) is 5.48 Å². The Kier molecular flexibility index (Phi) is 2.87. The maximum Gasteiger partial charge on any atom is 0.218 e. The van der Waals surface area contributed by atoms with Crippen molar-refractivity contribution in [2.24, 2.45) is 10.7 Å². The van der Waals surface area contributed by atoms with Crippen LogP contribution in [-0.4, -0.2) is 11.2 Å². The molecule has 0 saturated carbocycles. The van der Waals surface area contributed by atoms with Crippen LogP contribution in [0.1, 0.15) is 11.1 Å². The van der Waals surface area contributed by atoms with E-state index >= 15 is 0 Å². The first kappa shape index (κ1) is 9.54. The number of hydrogen-bond donors (Lipinski definition) is 3. The molecule has 0 aromatic heterocycles. The van der Waals surface area contributed by atoms with E-state index < -0.39 is 0 Å². The van der Waals surface area contributed by atoms with Crippen LogP contribution >= 0.6 is 0 Å².